The Kier molecular flexibility index (Phi) is 4.39. The van der Waals surface area contributed by atoms with Crippen LogP contribution in [0, 0.1) is 15.9 Å². The average molecular weight is 262 g/mol. The fraction of sp³-hybridized carbons (Fsp3) is 0.300. The van der Waals surface area contributed by atoms with E-state index >= 15 is 0 Å². The van der Waals surface area contributed by atoms with Crippen molar-refractivity contribution in [3.8, 4) is 0 Å². The molecule has 0 radical (unpaired) electrons. The number of esters is 1. The second-order valence-corrected chi connectivity index (χ2v) is 3.34. The van der Waals surface area contributed by atoms with Crippen LogP contribution >= 0.6 is 11.6 Å². The van der Waals surface area contributed by atoms with Gasteiger partial charge in [0.15, 0.2) is 0 Å². The van der Waals surface area contributed by atoms with Gasteiger partial charge < -0.3 is 4.74 Å². The molecule has 1 aromatic carbocycles. The predicted octanol–water partition coefficient (Wildman–Crippen LogP) is 2.65. The van der Waals surface area contributed by atoms with Crippen molar-refractivity contribution in [3.05, 3.63) is 39.2 Å². The molecule has 0 fully saturated rings. The van der Waals surface area contributed by atoms with Gasteiger partial charge >= 0.3 is 5.97 Å². The highest BCUT2D eigenvalue weighted by atomic mass is 35.5. The molecule has 0 aliphatic carbocycles. The lowest BCUT2D eigenvalue weighted by molar-refractivity contribution is -0.385. The number of nitrogens with zero attached hydrogens (tertiary/aromatic N) is 1. The lowest BCUT2D eigenvalue weighted by atomic mass is 10.1. The second kappa shape index (κ2) is 5.58. The number of non-ortho nitro benzene ring substituents is 1. The van der Waals surface area contributed by atoms with Gasteiger partial charge in [0.1, 0.15) is 11.4 Å². The summed E-state index contributed by atoms with van der Waals surface area (Å²) < 4.78 is 18.2. The number of hydrogen-bond acceptors (Lipinski definition) is 4. The monoisotopic (exact) mass is 261 g/mol. The largest absolute Gasteiger partial charge is 0.462 e. The molecule has 0 spiro atoms. The summed E-state index contributed by atoms with van der Waals surface area (Å²) in [6.45, 7) is 1.65. The summed E-state index contributed by atoms with van der Waals surface area (Å²) in [7, 11) is 0. The van der Waals surface area contributed by atoms with Crippen molar-refractivity contribution >= 4 is 23.3 Å². The van der Waals surface area contributed by atoms with Crippen molar-refractivity contribution in [1.82, 2.24) is 0 Å². The highest BCUT2D eigenvalue weighted by Crippen LogP contribution is 2.23. The molecular weight excluding hydrogens is 253 g/mol. The van der Waals surface area contributed by atoms with E-state index in [1.807, 2.05) is 0 Å². The van der Waals surface area contributed by atoms with E-state index in [9.17, 15) is 19.3 Å². The van der Waals surface area contributed by atoms with Crippen LogP contribution in [0.2, 0.25) is 0 Å². The van der Waals surface area contributed by atoms with Crippen LogP contribution in [0.15, 0.2) is 12.1 Å². The van der Waals surface area contributed by atoms with E-state index in [-0.39, 0.29) is 23.6 Å². The van der Waals surface area contributed by atoms with Gasteiger partial charge in [0.05, 0.1) is 17.6 Å². The second-order valence-electron chi connectivity index (χ2n) is 3.07. The zero-order chi connectivity index (χ0) is 13.0. The molecule has 5 nitrogen and oxygen atoms in total. The molecule has 0 atom stereocenters. The van der Waals surface area contributed by atoms with Gasteiger partial charge in [0.2, 0.25) is 0 Å². The van der Waals surface area contributed by atoms with Gasteiger partial charge in [-0.05, 0) is 12.5 Å². The normalized spacial score (nSPS) is 10.1. The number of nitro benzene ring substituents is 1. The van der Waals surface area contributed by atoms with Crippen molar-refractivity contribution < 1.29 is 18.8 Å². The molecule has 17 heavy (non-hydrogen) atoms. The highest BCUT2D eigenvalue weighted by molar-refractivity contribution is 6.17. The molecule has 0 aliphatic rings. The summed E-state index contributed by atoms with van der Waals surface area (Å²) in [4.78, 5) is 21.2. The smallest absolute Gasteiger partial charge is 0.341 e. The summed E-state index contributed by atoms with van der Waals surface area (Å²) in [5.41, 5.74) is -0.768. The van der Waals surface area contributed by atoms with Crippen molar-refractivity contribution in [1.29, 1.82) is 0 Å². The van der Waals surface area contributed by atoms with Crippen LogP contribution in [0.1, 0.15) is 22.8 Å². The van der Waals surface area contributed by atoms with Gasteiger partial charge in [0.25, 0.3) is 5.69 Å². The summed E-state index contributed by atoms with van der Waals surface area (Å²) in [6.07, 6.45) is 0. The van der Waals surface area contributed by atoms with Gasteiger partial charge in [-0.2, -0.15) is 0 Å². The summed E-state index contributed by atoms with van der Waals surface area (Å²) >= 11 is 5.53. The van der Waals surface area contributed by atoms with Crippen molar-refractivity contribution in [2.75, 3.05) is 6.61 Å². The third-order valence-electron chi connectivity index (χ3n) is 1.99. The first kappa shape index (κ1) is 13.4. The van der Waals surface area contributed by atoms with E-state index in [2.05, 4.69) is 4.74 Å². The van der Waals surface area contributed by atoms with Crippen LogP contribution in [0.5, 0.6) is 0 Å². The topological polar surface area (TPSA) is 69.4 Å². The number of benzene rings is 1. The third kappa shape index (κ3) is 2.91. The van der Waals surface area contributed by atoms with Crippen molar-refractivity contribution in [3.63, 3.8) is 0 Å². The molecule has 0 saturated heterocycles. The van der Waals surface area contributed by atoms with E-state index in [1.54, 1.807) is 6.92 Å². The Balaban J connectivity index is 3.30. The molecule has 0 aromatic heterocycles. The Bertz CT molecular complexity index is 464. The predicted molar refractivity (Wildman–Crippen MR) is 58.6 cm³/mol. The maximum absolute atomic E-state index is 13.6. The van der Waals surface area contributed by atoms with E-state index < -0.39 is 22.4 Å². The Labute approximate surface area is 101 Å². The van der Waals surface area contributed by atoms with Crippen molar-refractivity contribution in [2.24, 2.45) is 0 Å². The quantitative estimate of drug-likeness (QED) is 0.362. The first-order valence-corrected chi connectivity index (χ1v) is 5.24. The first-order chi connectivity index (χ1) is 8.01. The molecule has 92 valence electrons. The van der Waals surface area contributed by atoms with Gasteiger partial charge in [-0.15, -0.1) is 11.6 Å². The molecule has 0 heterocycles. The molecule has 1 rings (SSSR count). The number of ether oxygens (including phenoxy) is 1. The molecular formula is C10H9ClFNO4. The van der Waals surface area contributed by atoms with Crippen molar-refractivity contribution in [2.45, 2.75) is 12.8 Å². The van der Waals surface area contributed by atoms with Crippen LogP contribution in [-0.4, -0.2) is 17.5 Å². The Morgan fingerprint density at radius 2 is 2.24 bits per heavy atom. The minimum atomic E-state index is -1.01. The fourth-order valence-electron chi connectivity index (χ4n) is 1.29. The molecule has 0 N–H and O–H groups in total. The number of carbonyl (C=O) groups excluding carboxylic acids is 1. The van der Waals surface area contributed by atoms with Crippen LogP contribution in [0.4, 0.5) is 10.1 Å². The minimum absolute atomic E-state index is 0.0387. The molecule has 7 heteroatoms. The maximum atomic E-state index is 13.6. The maximum Gasteiger partial charge on any atom is 0.341 e. The Hall–Kier alpha value is -1.69. The van der Waals surface area contributed by atoms with Crippen LogP contribution in [-0.2, 0) is 10.6 Å². The Morgan fingerprint density at radius 1 is 1.59 bits per heavy atom. The molecule has 0 unspecified atom stereocenters. The summed E-state index contributed by atoms with van der Waals surface area (Å²) in [5.74, 6) is -2.10. The lowest BCUT2D eigenvalue weighted by Crippen LogP contribution is -2.11. The highest BCUT2D eigenvalue weighted by Gasteiger charge is 2.22. The van der Waals surface area contributed by atoms with E-state index in [0.717, 1.165) is 6.07 Å². The van der Waals surface area contributed by atoms with E-state index in [0.29, 0.717) is 6.07 Å². The van der Waals surface area contributed by atoms with Gasteiger partial charge in [-0.3, -0.25) is 10.1 Å². The summed E-state index contributed by atoms with van der Waals surface area (Å²) in [5, 5.41) is 10.5. The lowest BCUT2D eigenvalue weighted by Gasteiger charge is -2.07. The number of carbonyl (C=O) groups is 1. The first-order valence-electron chi connectivity index (χ1n) is 4.71. The third-order valence-corrected chi connectivity index (χ3v) is 2.28. The molecule has 0 saturated carbocycles. The molecule has 0 bridgehead atoms. The molecule has 0 aliphatic heterocycles. The Morgan fingerprint density at radius 3 is 2.71 bits per heavy atom. The number of alkyl halides is 1. The number of hydrogen-bond donors (Lipinski definition) is 0. The number of halogens is 2. The zero-order valence-corrected chi connectivity index (χ0v) is 9.66. The summed E-state index contributed by atoms with van der Waals surface area (Å²) in [6, 6.07) is 1.73. The van der Waals surface area contributed by atoms with Crippen LogP contribution in [0.25, 0.3) is 0 Å². The molecule has 0 amide bonds. The zero-order valence-electron chi connectivity index (χ0n) is 8.91. The van der Waals surface area contributed by atoms with Gasteiger partial charge in [-0.1, -0.05) is 0 Å². The molecule has 1 aromatic rings. The van der Waals surface area contributed by atoms with Crippen LogP contribution in [0.3, 0.4) is 0 Å². The average Bonchev–Trinajstić information content (AvgIpc) is 2.27. The minimum Gasteiger partial charge on any atom is -0.462 e. The van der Waals surface area contributed by atoms with Gasteiger partial charge in [0, 0.05) is 11.9 Å². The fourth-order valence-corrected chi connectivity index (χ4v) is 1.50. The standard InChI is InChI=1S/C10H9ClFNO4/c1-2-17-10(14)9-6(5-11)3-7(13(15)16)4-8(9)12/h3-4H,2,5H2,1H3. The SMILES string of the molecule is CCOC(=O)c1c(F)cc([N+](=O)[O-])cc1CCl. The van der Waals surface area contributed by atoms with Crippen LogP contribution < -0.4 is 0 Å². The van der Waals surface area contributed by atoms with Gasteiger partial charge in [-0.25, -0.2) is 9.18 Å². The number of nitro groups is 1. The number of rotatable bonds is 4. The van der Waals surface area contributed by atoms with E-state index in [4.69, 9.17) is 11.6 Å². The van der Waals surface area contributed by atoms with E-state index in [1.165, 1.54) is 0 Å².